The van der Waals surface area contributed by atoms with Crippen LogP contribution in [-0.2, 0) is 0 Å². The highest BCUT2D eigenvalue weighted by atomic mass is 35.5. The van der Waals surface area contributed by atoms with E-state index in [2.05, 4.69) is 10.6 Å². The highest BCUT2D eigenvalue weighted by Crippen LogP contribution is 2.31. The topological polar surface area (TPSA) is 97.4 Å². The molecular formula is C18H13Cl2N3O3. The zero-order valence-electron chi connectivity index (χ0n) is 13.3. The Bertz CT molecular complexity index is 931. The first-order valence-corrected chi connectivity index (χ1v) is 8.20. The lowest BCUT2D eigenvalue weighted by atomic mass is 10.2. The van der Waals surface area contributed by atoms with Crippen molar-refractivity contribution in [3.63, 3.8) is 0 Å². The number of nitrogens with one attached hydrogen (secondary N) is 2. The fraction of sp³-hybridized carbons (Fsp3) is 0. The number of nitrogens with two attached hydrogens (primary N) is 1. The first-order valence-electron chi connectivity index (χ1n) is 7.45. The number of carbonyl (C=O) groups is 2. The standard InChI is InChI=1S/C18H13Cl2N3O3/c19-13-8-12(9-14(20)16(13)21)23-17(24)10-3-5-11(6-4-10)22-18(25)15-2-1-7-26-15/h1-9H,21H2,(H,22,25)(H,23,24). The average molecular weight is 390 g/mol. The molecule has 0 aliphatic carbocycles. The molecule has 0 aliphatic heterocycles. The molecule has 0 fully saturated rings. The highest BCUT2D eigenvalue weighted by molar-refractivity contribution is 6.39. The molecule has 0 unspecified atom stereocenters. The molecule has 0 bridgehead atoms. The Labute approximate surface area is 158 Å². The predicted molar refractivity (Wildman–Crippen MR) is 102 cm³/mol. The third kappa shape index (κ3) is 3.99. The van der Waals surface area contributed by atoms with Gasteiger partial charge in [0.25, 0.3) is 11.8 Å². The fourth-order valence-electron chi connectivity index (χ4n) is 2.17. The largest absolute Gasteiger partial charge is 0.459 e. The summed E-state index contributed by atoms with van der Waals surface area (Å²) in [7, 11) is 0. The van der Waals surface area contributed by atoms with Gasteiger partial charge in [0, 0.05) is 16.9 Å². The molecular weight excluding hydrogens is 377 g/mol. The molecule has 8 heteroatoms. The van der Waals surface area contributed by atoms with Crippen LogP contribution in [0, 0.1) is 0 Å². The van der Waals surface area contributed by atoms with Gasteiger partial charge in [-0.2, -0.15) is 0 Å². The number of anilines is 3. The van der Waals surface area contributed by atoms with Crippen LogP contribution >= 0.6 is 23.2 Å². The zero-order valence-corrected chi connectivity index (χ0v) is 14.8. The molecule has 0 atom stereocenters. The van der Waals surface area contributed by atoms with Crippen molar-refractivity contribution in [3.8, 4) is 0 Å². The van der Waals surface area contributed by atoms with Gasteiger partial charge < -0.3 is 20.8 Å². The minimum atomic E-state index is -0.377. The summed E-state index contributed by atoms with van der Waals surface area (Å²) in [5, 5.41) is 5.86. The Morgan fingerprint density at radius 3 is 2.08 bits per heavy atom. The third-order valence-electron chi connectivity index (χ3n) is 3.49. The van der Waals surface area contributed by atoms with Crippen LogP contribution < -0.4 is 16.4 Å². The molecule has 2 aromatic carbocycles. The number of furan rings is 1. The van der Waals surface area contributed by atoms with E-state index < -0.39 is 0 Å². The number of hydrogen-bond donors (Lipinski definition) is 3. The molecule has 132 valence electrons. The van der Waals surface area contributed by atoms with Gasteiger partial charge in [-0.05, 0) is 48.5 Å². The molecule has 3 aromatic rings. The Balaban J connectivity index is 1.68. The molecule has 26 heavy (non-hydrogen) atoms. The molecule has 6 nitrogen and oxygen atoms in total. The minimum absolute atomic E-state index is 0.198. The first kappa shape index (κ1) is 17.8. The average Bonchev–Trinajstić information content (AvgIpc) is 3.15. The van der Waals surface area contributed by atoms with Crippen LogP contribution in [0.4, 0.5) is 17.1 Å². The maximum atomic E-state index is 12.3. The van der Waals surface area contributed by atoms with Gasteiger partial charge in [-0.3, -0.25) is 9.59 Å². The minimum Gasteiger partial charge on any atom is -0.459 e. The van der Waals surface area contributed by atoms with Crippen molar-refractivity contribution in [2.24, 2.45) is 0 Å². The summed E-state index contributed by atoms with van der Waals surface area (Å²) in [6, 6.07) is 12.6. The van der Waals surface area contributed by atoms with E-state index in [0.29, 0.717) is 16.9 Å². The fourth-order valence-corrected chi connectivity index (χ4v) is 2.65. The van der Waals surface area contributed by atoms with E-state index in [1.165, 1.54) is 18.4 Å². The van der Waals surface area contributed by atoms with Crippen molar-refractivity contribution >= 4 is 52.1 Å². The molecule has 1 aromatic heterocycles. The van der Waals surface area contributed by atoms with Crippen molar-refractivity contribution in [3.05, 3.63) is 76.2 Å². The molecule has 1 heterocycles. The van der Waals surface area contributed by atoms with Crippen LogP contribution in [0.5, 0.6) is 0 Å². The summed E-state index contributed by atoms with van der Waals surface area (Å²) in [6.45, 7) is 0. The second-order valence-electron chi connectivity index (χ2n) is 5.32. The molecule has 0 aliphatic rings. The number of rotatable bonds is 4. The normalized spacial score (nSPS) is 10.4. The van der Waals surface area contributed by atoms with Gasteiger partial charge in [0.1, 0.15) is 0 Å². The summed E-state index contributed by atoms with van der Waals surface area (Å²) in [4.78, 5) is 24.2. The number of benzene rings is 2. The Morgan fingerprint density at radius 2 is 1.50 bits per heavy atom. The van der Waals surface area contributed by atoms with Crippen molar-refractivity contribution in [2.75, 3.05) is 16.4 Å². The van der Waals surface area contributed by atoms with Crippen LogP contribution in [-0.4, -0.2) is 11.8 Å². The first-order chi connectivity index (χ1) is 12.4. The second-order valence-corrected chi connectivity index (χ2v) is 6.13. The zero-order chi connectivity index (χ0) is 18.7. The molecule has 0 radical (unpaired) electrons. The summed E-state index contributed by atoms with van der Waals surface area (Å²) in [6.07, 6.45) is 1.41. The lowest BCUT2D eigenvalue weighted by molar-refractivity contribution is 0.0995. The Hall–Kier alpha value is -2.96. The number of carbonyl (C=O) groups excluding carboxylic acids is 2. The molecule has 0 saturated heterocycles. The van der Waals surface area contributed by atoms with Gasteiger partial charge in [0.05, 0.1) is 22.0 Å². The van der Waals surface area contributed by atoms with Crippen molar-refractivity contribution in [1.82, 2.24) is 0 Å². The number of nitrogen functional groups attached to an aromatic ring is 1. The maximum absolute atomic E-state index is 12.3. The van der Waals surface area contributed by atoms with Crippen LogP contribution in [0.15, 0.2) is 59.2 Å². The monoisotopic (exact) mass is 389 g/mol. The van der Waals surface area contributed by atoms with Crippen LogP contribution in [0.1, 0.15) is 20.9 Å². The quantitative estimate of drug-likeness (QED) is 0.564. The van der Waals surface area contributed by atoms with Gasteiger partial charge in [-0.25, -0.2) is 0 Å². The van der Waals surface area contributed by atoms with E-state index in [1.807, 2.05) is 0 Å². The van der Waals surface area contributed by atoms with E-state index >= 15 is 0 Å². The smallest absolute Gasteiger partial charge is 0.291 e. The van der Waals surface area contributed by atoms with Gasteiger partial charge in [-0.15, -0.1) is 0 Å². The summed E-state index contributed by atoms with van der Waals surface area (Å²) >= 11 is 11.9. The van der Waals surface area contributed by atoms with Gasteiger partial charge in [-0.1, -0.05) is 23.2 Å². The predicted octanol–water partition coefficient (Wildman–Crippen LogP) is 4.67. The van der Waals surface area contributed by atoms with Crippen molar-refractivity contribution in [1.29, 1.82) is 0 Å². The van der Waals surface area contributed by atoms with Crippen LogP contribution in [0.25, 0.3) is 0 Å². The van der Waals surface area contributed by atoms with Gasteiger partial charge >= 0.3 is 0 Å². The summed E-state index contributed by atoms with van der Waals surface area (Å²) in [5.74, 6) is -0.534. The molecule has 0 saturated carbocycles. The summed E-state index contributed by atoms with van der Waals surface area (Å²) < 4.78 is 5.02. The van der Waals surface area contributed by atoms with E-state index in [-0.39, 0.29) is 33.3 Å². The molecule has 4 N–H and O–H groups in total. The maximum Gasteiger partial charge on any atom is 0.291 e. The van der Waals surface area contributed by atoms with E-state index in [0.717, 1.165) is 0 Å². The molecule has 0 spiro atoms. The second kappa shape index (κ2) is 7.51. The molecule has 2 amide bonds. The van der Waals surface area contributed by atoms with E-state index in [9.17, 15) is 9.59 Å². The molecule has 3 rings (SSSR count). The lowest BCUT2D eigenvalue weighted by Gasteiger charge is -2.09. The summed E-state index contributed by atoms with van der Waals surface area (Å²) in [5.41, 5.74) is 7.27. The van der Waals surface area contributed by atoms with Gasteiger partial charge in [0.15, 0.2) is 5.76 Å². The van der Waals surface area contributed by atoms with Crippen LogP contribution in [0.3, 0.4) is 0 Å². The number of amides is 2. The van der Waals surface area contributed by atoms with Crippen molar-refractivity contribution in [2.45, 2.75) is 0 Å². The third-order valence-corrected chi connectivity index (χ3v) is 4.11. The SMILES string of the molecule is Nc1c(Cl)cc(NC(=O)c2ccc(NC(=O)c3ccco3)cc2)cc1Cl. The van der Waals surface area contributed by atoms with Crippen LogP contribution in [0.2, 0.25) is 10.0 Å². The lowest BCUT2D eigenvalue weighted by Crippen LogP contribution is -2.13. The number of halogens is 2. The highest BCUT2D eigenvalue weighted by Gasteiger charge is 2.11. The number of hydrogen-bond acceptors (Lipinski definition) is 4. The van der Waals surface area contributed by atoms with Crippen molar-refractivity contribution < 1.29 is 14.0 Å². The van der Waals surface area contributed by atoms with E-state index in [1.54, 1.807) is 36.4 Å². The van der Waals surface area contributed by atoms with E-state index in [4.69, 9.17) is 33.4 Å². The Kier molecular flexibility index (Phi) is 5.16. The van der Waals surface area contributed by atoms with Gasteiger partial charge in [0.2, 0.25) is 0 Å². The Morgan fingerprint density at radius 1 is 0.885 bits per heavy atom.